The van der Waals surface area contributed by atoms with Crippen LogP contribution in [0.5, 0.6) is 11.5 Å². The van der Waals surface area contributed by atoms with Crippen molar-refractivity contribution in [3.8, 4) is 11.5 Å². The number of rotatable bonds is 6. The molecule has 3 nitrogen and oxygen atoms in total. The Balaban J connectivity index is 1.54. The van der Waals surface area contributed by atoms with Crippen LogP contribution in [0.1, 0.15) is 45.4 Å². The molecule has 0 radical (unpaired) electrons. The molecule has 1 aromatic carbocycles. The van der Waals surface area contributed by atoms with Gasteiger partial charge in [0.25, 0.3) is 0 Å². The second-order valence-corrected chi connectivity index (χ2v) is 6.76. The molecule has 2 aliphatic rings. The van der Waals surface area contributed by atoms with E-state index in [0.29, 0.717) is 18.6 Å². The lowest BCUT2D eigenvalue weighted by molar-refractivity contribution is 0.00368. The molecule has 25 heavy (non-hydrogen) atoms. The second kappa shape index (κ2) is 8.65. The van der Waals surface area contributed by atoms with E-state index >= 15 is 0 Å². The number of ether oxygens (including phenoxy) is 3. The first-order valence-electron chi connectivity index (χ1n) is 9.22. The highest BCUT2D eigenvalue weighted by atomic mass is 19.2. The highest BCUT2D eigenvalue weighted by Crippen LogP contribution is 2.32. The average molecular weight is 352 g/mol. The topological polar surface area (TPSA) is 27.7 Å². The fraction of sp³-hybridized carbons (Fsp3) is 0.600. The first-order chi connectivity index (χ1) is 12.2. The number of halogens is 2. The third-order valence-electron chi connectivity index (χ3n) is 5.02. The molecular formula is C20H26F2O3. The van der Waals surface area contributed by atoms with E-state index in [1.54, 1.807) is 6.92 Å². The van der Waals surface area contributed by atoms with Gasteiger partial charge in [0, 0.05) is 0 Å². The molecule has 138 valence electrons. The van der Waals surface area contributed by atoms with Crippen LogP contribution in [0.2, 0.25) is 0 Å². The van der Waals surface area contributed by atoms with Crippen molar-refractivity contribution in [3.63, 3.8) is 0 Å². The molecule has 0 aromatic heterocycles. The van der Waals surface area contributed by atoms with E-state index in [4.69, 9.17) is 14.2 Å². The number of benzene rings is 1. The van der Waals surface area contributed by atoms with Crippen LogP contribution in [-0.2, 0) is 4.74 Å². The van der Waals surface area contributed by atoms with Crippen molar-refractivity contribution in [2.24, 2.45) is 5.92 Å². The van der Waals surface area contributed by atoms with Crippen LogP contribution < -0.4 is 9.47 Å². The molecule has 1 atom stereocenters. The minimum absolute atomic E-state index is 0.0945. The van der Waals surface area contributed by atoms with Crippen molar-refractivity contribution in [1.29, 1.82) is 0 Å². The van der Waals surface area contributed by atoms with Crippen LogP contribution in [0.15, 0.2) is 23.8 Å². The summed E-state index contributed by atoms with van der Waals surface area (Å²) in [7, 11) is 0. The Morgan fingerprint density at radius 1 is 1.04 bits per heavy atom. The van der Waals surface area contributed by atoms with E-state index in [-0.39, 0.29) is 24.7 Å². The lowest BCUT2D eigenvalue weighted by Gasteiger charge is -2.32. The van der Waals surface area contributed by atoms with Crippen LogP contribution in [0, 0.1) is 17.6 Å². The summed E-state index contributed by atoms with van der Waals surface area (Å²) in [6, 6.07) is 2.79. The lowest BCUT2D eigenvalue weighted by Crippen LogP contribution is -2.30. The SMILES string of the molecule is CCOc1ccc(OCC2=CCC(C3CCCCC3)OC2)c(F)c1F. The maximum absolute atomic E-state index is 14.0. The molecule has 5 heteroatoms. The molecule has 0 spiro atoms. The summed E-state index contributed by atoms with van der Waals surface area (Å²) in [6.45, 7) is 2.71. The van der Waals surface area contributed by atoms with Crippen molar-refractivity contribution in [1.82, 2.24) is 0 Å². The smallest absolute Gasteiger partial charge is 0.204 e. The largest absolute Gasteiger partial charge is 0.491 e. The first kappa shape index (κ1) is 18.2. The van der Waals surface area contributed by atoms with Gasteiger partial charge in [-0.25, -0.2) is 0 Å². The molecule has 1 heterocycles. The Morgan fingerprint density at radius 2 is 1.72 bits per heavy atom. The van der Waals surface area contributed by atoms with Crippen LogP contribution in [0.3, 0.4) is 0 Å². The normalized spacial score (nSPS) is 21.7. The van der Waals surface area contributed by atoms with Gasteiger partial charge in [-0.15, -0.1) is 0 Å². The maximum atomic E-state index is 14.0. The minimum atomic E-state index is -1.01. The number of hydrogen-bond acceptors (Lipinski definition) is 3. The van der Waals surface area contributed by atoms with E-state index < -0.39 is 11.6 Å². The van der Waals surface area contributed by atoms with Gasteiger partial charge in [0.05, 0.1) is 19.3 Å². The minimum Gasteiger partial charge on any atom is -0.491 e. The molecule has 1 aromatic rings. The standard InChI is InChI=1S/C20H26F2O3/c1-2-23-17-10-11-18(20(22)19(17)21)25-13-14-8-9-16(24-12-14)15-6-4-3-5-7-15/h8,10-11,15-16H,2-7,9,12-13H2,1H3. The monoisotopic (exact) mass is 352 g/mol. The van der Waals surface area contributed by atoms with Crippen molar-refractivity contribution in [3.05, 3.63) is 35.4 Å². The third kappa shape index (κ3) is 4.51. The maximum Gasteiger partial charge on any atom is 0.204 e. The molecular weight excluding hydrogens is 326 g/mol. The molecule has 1 saturated carbocycles. The van der Waals surface area contributed by atoms with Gasteiger partial charge in [0.15, 0.2) is 11.5 Å². The van der Waals surface area contributed by atoms with Crippen LogP contribution >= 0.6 is 0 Å². The molecule has 3 rings (SSSR count). The van der Waals surface area contributed by atoms with E-state index in [1.165, 1.54) is 44.2 Å². The van der Waals surface area contributed by atoms with E-state index in [1.807, 2.05) is 0 Å². The third-order valence-corrected chi connectivity index (χ3v) is 5.02. The Hall–Kier alpha value is -1.62. The molecule has 0 amide bonds. The molecule has 1 unspecified atom stereocenters. The van der Waals surface area contributed by atoms with Gasteiger partial charge < -0.3 is 14.2 Å². The zero-order valence-electron chi connectivity index (χ0n) is 14.7. The fourth-order valence-electron chi connectivity index (χ4n) is 3.62. The summed E-state index contributed by atoms with van der Waals surface area (Å²) in [5.41, 5.74) is 0.973. The van der Waals surface area contributed by atoms with Crippen molar-refractivity contribution in [2.75, 3.05) is 19.8 Å². The molecule has 1 aliphatic carbocycles. The Kier molecular flexibility index (Phi) is 6.29. The molecule has 0 saturated heterocycles. The fourth-order valence-corrected chi connectivity index (χ4v) is 3.62. The van der Waals surface area contributed by atoms with Gasteiger partial charge in [-0.1, -0.05) is 25.3 Å². The van der Waals surface area contributed by atoms with Crippen LogP contribution in [0.4, 0.5) is 8.78 Å². The van der Waals surface area contributed by atoms with Gasteiger partial charge in [0.1, 0.15) is 6.61 Å². The zero-order chi connectivity index (χ0) is 17.6. The van der Waals surface area contributed by atoms with Crippen LogP contribution in [0.25, 0.3) is 0 Å². The van der Waals surface area contributed by atoms with Crippen LogP contribution in [-0.4, -0.2) is 25.9 Å². The molecule has 1 aliphatic heterocycles. The summed E-state index contributed by atoms with van der Waals surface area (Å²) >= 11 is 0. The molecule has 1 fully saturated rings. The predicted molar refractivity (Wildman–Crippen MR) is 92.0 cm³/mol. The van der Waals surface area contributed by atoms with Gasteiger partial charge >= 0.3 is 0 Å². The Bertz CT molecular complexity index is 609. The van der Waals surface area contributed by atoms with Crippen molar-refractivity contribution < 1.29 is 23.0 Å². The van der Waals surface area contributed by atoms with E-state index in [2.05, 4.69) is 6.08 Å². The van der Waals surface area contributed by atoms with Crippen molar-refractivity contribution >= 4 is 0 Å². The molecule has 0 bridgehead atoms. The Morgan fingerprint density at radius 3 is 2.32 bits per heavy atom. The quantitative estimate of drug-likeness (QED) is 0.672. The second-order valence-electron chi connectivity index (χ2n) is 6.76. The summed E-state index contributed by atoms with van der Waals surface area (Å²) in [5.74, 6) is -1.56. The van der Waals surface area contributed by atoms with Crippen molar-refractivity contribution in [2.45, 2.75) is 51.6 Å². The van der Waals surface area contributed by atoms with E-state index in [0.717, 1.165) is 12.0 Å². The van der Waals surface area contributed by atoms with Gasteiger partial charge in [-0.3, -0.25) is 0 Å². The predicted octanol–water partition coefficient (Wildman–Crippen LogP) is 5.04. The zero-order valence-corrected chi connectivity index (χ0v) is 14.7. The average Bonchev–Trinajstić information content (AvgIpc) is 2.66. The summed E-state index contributed by atoms with van der Waals surface area (Å²) in [6.07, 6.45) is 9.74. The lowest BCUT2D eigenvalue weighted by atomic mass is 9.83. The van der Waals surface area contributed by atoms with Gasteiger partial charge in [-0.2, -0.15) is 8.78 Å². The van der Waals surface area contributed by atoms with E-state index in [9.17, 15) is 8.78 Å². The Labute approximate surface area is 148 Å². The highest BCUT2D eigenvalue weighted by molar-refractivity contribution is 5.35. The summed E-state index contributed by atoms with van der Waals surface area (Å²) in [4.78, 5) is 0. The first-order valence-corrected chi connectivity index (χ1v) is 9.22. The van der Waals surface area contributed by atoms with Gasteiger partial charge in [0.2, 0.25) is 11.6 Å². The summed E-state index contributed by atoms with van der Waals surface area (Å²) in [5, 5.41) is 0. The van der Waals surface area contributed by atoms with Gasteiger partial charge in [-0.05, 0) is 49.8 Å². The molecule has 0 N–H and O–H groups in total. The number of hydrogen-bond donors (Lipinski definition) is 0. The summed E-state index contributed by atoms with van der Waals surface area (Å²) < 4.78 is 44.3. The highest BCUT2D eigenvalue weighted by Gasteiger charge is 2.26.